The molecule has 0 aromatic heterocycles. The van der Waals surface area contributed by atoms with Crippen LogP contribution >= 0.6 is 11.8 Å². The van der Waals surface area contributed by atoms with Crippen molar-refractivity contribution in [1.29, 1.82) is 0 Å². The molecule has 7 heteroatoms. The minimum Gasteiger partial charge on any atom is -0.497 e. The van der Waals surface area contributed by atoms with E-state index < -0.39 is 11.7 Å². The smallest absolute Gasteiger partial charge is 0.416 e. The van der Waals surface area contributed by atoms with Crippen molar-refractivity contribution in [2.75, 3.05) is 17.8 Å². The van der Waals surface area contributed by atoms with Gasteiger partial charge in [0.2, 0.25) is 5.91 Å². The van der Waals surface area contributed by atoms with Crippen molar-refractivity contribution >= 4 is 23.4 Å². The lowest BCUT2D eigenvalue weighted by molar-refractivity contribution is -0.137. The molecule has 0 radical (unpaired) electrons. The highest BCUT2D eigenvalue weighted by Gasteiger charge is 2.35. The van der Waals surface area contributed by atoms with Gasteiger partial charge in [0, 0.05) is 5.69 Å². The molecule has 0 bridgehead atoms. The zero-order chi connectivity index (χ0) is 17.3. The van der Waals surface area contributed by atoms with E-state index in [0.717, 1.165) is 17.7 Å². The molecule has 2 aromatic rings. The number of nitrogens with zero attached hydrogens (tertiary/aromatic N) is 1. The summed E-state index contributed by atoms with van der Waals surface area (Å²) >= 11 is 1.43. The largest absolute Gasteiger partial charge is 0.497 e. The maximum absolute atomic E-state index is 12.7. The van der Waals surface area contributed by atoms with Gasteiger partial charge in [-0.05, 0) is 42.0 Å². The molecule has 0 unspecified atom stereocenters. The van der Waals surface area contributed by atoms with Crippen LogP contribution in [0.3, 0.4) is 0 Å². The summed E-state index contributed by atoms with van der Waals surface area (Å²) in [7, 11) is 1.56. The third kappa shape index (κ3) is 3.21. The molecule has 1 amide bonds. The van der Waals surface area contributed by atoms with Crippen LogP contribution in [0.15, 0.2) is 48.5 Å². The molecular formula is C17H14F3NO2S. The number of amides is 1. The molecule has 1 fully saturated rings. The highest BCUT2D eigenvalue weighted by Crippen LogP contribution is 2.43. The first-order chi connectivity index (χ1) is 11.4. The maximum Gasteiger partial charge on any atom is 0.416 e. The lowest BCUT2D eigenvalue weighted by atomic mass is 10.1. The molecule has 0 spiro atoms. The molecule has 2 aromatic carbocycles. The van der Waals surface area contributed by atoms with Crippen molar-refractivity contribution in [1.82, 2.24) is 0 Å². The van der Waals surface area contributed by atoms with E-state index in [-0.39, 0.29) is 17.0 Å². The first-order valence-corrected chi connectivity index (χ1v) is 8.20. The quantitative estimate of drug-likeness (QED) is 0.814. The van der Waals surface area contributed by atoms with Crippen molar-refractivity contribution in [3.8, 4) is 5.75 Å². The molecule has 1 aliphatic heterocycles. The van der Waals surface area contributed by atoms with Crippen LogP contribution in [0.2, 0.25) is 0 Å². The van der Waals surface area contributed by atoms with Gasteiger partial charge in [-0.3, -0.25) is 9.69 Å². The Labute approximate surface area is 141 Å². The molecule has 0 aliphatic carbocycles. The monoisotopic (exact) mass is 353 g/mol. The molecule has 3 rings (SSSR count). The number of anilines is 1. The fourth-order valence-electron chi connectivity index (χ4n) is 2.56. The van der Waals surface area contributed by atoms with E-state index in [9.17, 15) is 18.0 Å². The Bertz CT molecular complexity index is 746. The van der Waals surface area contributed by atoms with Gasteiger partial charge >= 0.3 is 6.18 Å². The highest BCUT2D eigenvalue weighted by molar-refractivity contribution is 8.00. The molecule has 1 aliphatic rings. The van der Waals surface area contributed by atoms with Crippen molar-refractivity contribution in [3.05, 3.63) is 59.7 Å². The predicted molar refractivity (Wildman–Crippen MR) is 87.1 cm³/mol. The summed E-state index contributed by atoms with van der Waals surface area (Å²) in [4.78, 5) is 13.8. The Morgan fingerprint density at radius 1 is 1.17 bits per heavy atom. The average molecular weight is 353 g/mol. The van der Waals surface area contributed by atoms with E-state index in [0.29, 0.717) is 11.4 Å². The summed E-state index contributed by atoms with van der Waals surface area (Å²) < 4.78 is 43.3. The fraction of sp³-hybridized carbons (Fsp3) is 0.235. The van der Waals surface area contributed by atoms with Crippen molar-refractivity contribution in [2.45, 2.75) is 11.6 Å². The lowest BCUT2D eigenvalue weighted by Crippen LogP contribution is -2.27. The summed E-state index contributed by atoms with van der Waals surface area (Å²) in [5, 5.41) is -0.288. The van der Waals surface area contributed by atoms with Crippen molar-refractivity contribution in [2.24, 2.45) is 0 Å². The van der Waals surface area contributed by atoms with Crippen LogP contribution < -0.4 is 9.64 Å². The second-order valence-electron chi connectivity index (χ2n) is 5.25. The standard InChI is InChI=1S/C17H14F3NO2S/c1-23-14-4-2-3-11(9-14)16-21(15(22)10-24-16)13-7-5-12(6-8-13)17(18,19)20/h2-9,16H,10H2,1H3/t16-/m0/s1. The van der Waals surface area contributed by atoms with Crippen molar-refractivity contribution in [3.63, 3.8) is 0 Å². The van der Waals surface area contributed by atoms with Crippen molar-refractivity contribution < 1.29 is 22.7 Å². The summed E-state index contributed by atoms with van der Waals surface area (Å²) in [6.45, 7) is 0. The van der Waals surface area contributed by atoms with Gasteiger partial charge in [0.15, 0.2) is 0 Å². The normalized spacial score (nSPS) is 18.1. The van der Waals surface area contributed by atoms with Crippen LogP contribution in [0.5, 0.6) is 5.75 Å². The number of hydrogen-bond donors (Lipinski definition) is 0. The SMILES string of the molecule is COc1cccc([C@@H]2SCC(=O)N2c2ccc(C(F)(F)F)cc2)c1. The molecule has 0 saturated carbocycles. The van der Waals surface area contributed by atoms with Gasteiger partial charge in [0.1, 0.15) is 11.1 Å². The Kier molecular flexibility index (Phi) is 4.45. The number of hydrogen-bond acceptors (Lipinski definition) is 3. The molecule has 1 heterocycles. The molecule has 126 valence electrons. The third-order valence-electron chi connectivity index (χ3n) is 3.72. The first kappa shape index (κ1) is 16.7. The molecule has 0 N–H and O–H groups in total. The number of thioether (sulfide) groups is 1. The number of methoxy groups -OCH3 is 1. The van der Waals surface area contributed by atoms with Crippen LogP contribution in [-0.4, -0.2) is 18.8 Å². The second kappa shape index (κ2) is 6.39. The number of alkyl halides is 3. The van der Waals surface area contributed by atoms with E-state index in [1.807, 2.05) is 18.2 Å². The Hall–Kier alpha value is -2.15. The van der Waals surface area contributed by atoms with E-state index >= 15 is 0 Å². The molecule has 3 nitrogen and oxygen atoms in total. The number of carbonyl (C=O) groups is 1. The van der Waals surface area contributed by atoms with E-state index in [2.05, 4.69) is 0 Å². The van der Waals surface area contributed by atoms with Gasteiger partial charge in [0.25, 0.3) is 0 Å². The number of carbonyl (C=O) groups excluding carboxylic acids is 1. The summed E-state index contributed by atoms with van der Waals surface area (Å²) in [5.41, 5.74) is 0.583. The summed E-state index contributed by atoms with van der Waals surface area (Å²) in [6, 6.07) is 12.0. The number of benzene rings is 2. The van der Waals surface area contributed by atoms with Gasteiger partial charge in [-0.1, -0.05) is 12.1 Å². The average Bonchev–Trinajstić information content (AvgIpc) is 2.96. The van der Waals surface area contributed by atoms with Gasteiger partial charge in [-0.25, -0.2) is 0 Å². The van der Waals surface area contributed by atoms with E-state index in [1.54, 1.807) is 13.2 Å². The molecule has 1 saturated heterocycles. The molecular weight excluding hydrogens is 339 g/mol. The Morgan fingerprint density at radius 2 is 1.88 bits per heavy atom. The van der Waals surface area contributed by atoms with Crippen LogP contribution in [0.25, 0.3) is 0 Å². The molecule has 24 heavy (non-hydrogen) atoms. The van der Waals surface area contributed by atoms with Gasteiger partial charge < -0.3 is 4.74 Å². The van der Waals surface area contributed by atoms with E-state index in [1.165, 1.54) is 28.8 Å². The van der Waals surface area contributed by atoms with Crippen LogP contribution in [-0.2, 0) is 11.0 Å². The minimum absolute atomic E-state index is 0.132. The summed E-state index contributed by atoms with van der Waals surface area (Å²) in [6.07, 6.45) is -4.39. The zero-order valence-corrected chi connectivity index (χ0v) is 13.5. The zero-order valence-electron chi connectivity index (χ0n) is 12.7. The number of halogens is 3. The second-order valence-corrected chi connectivity index (χ2v) is 6.32. The van der Waals surface area contributed by atoms with Gasteiger partial charge in [0.05, 0.1) is 18.4 Å². The fourth-order valence-corrected chi connectivity index (χ4v) is 3.72. The van der Waals surface area contributed by atoms with Gasteiger partial charge in [-0.15, -0.1) is 11.8 Å². The highest BCUT2D eigenvalue weighted by atomic mass is 32.2. The van der Waals surface area contributed by atoms with Crippen LogP contribution in [0.4, 0.5) is 18.9 Å². The van der Waals surface area contributed by atoms with E-state index in [4.69, 9.17) is 4.74 Å². The predicted octanol–water partition coefficient (Wildman–Crippen LogP) is 4.49. The van der Waals surface area contributed by atoms with Crippen LogP contribution in [0, 0.1) is 0 Å². The van der Waals surface area contributed by atoms with Gasteiger partial charge in [-0.2, -0.15) is 13.2 Å². The van der Waals surface area contributed by atoms with Crippen LogP contribution in [0.1, 0.15) is 16.5 Å². The minimum atomic E-state index is -4.39. The third-order valence-corrected chi connectivity index (χ3v) is 4.93. The maximum atomic E-state index is 12.7. The Morgan fingerprint density at radius 3 is 2.50 bits per heavy atom. The number of ether oxygens (including phenoxy) is 1. The summed E-state index contributed by atoms with van der Waals surface area (Å²) in [5.74, 6) is 0.815. The topological polar surface area (TPSA) is 29.5 Å². The molecule has 1 atom stereocenters. The first-order valence-electron chi connectivity index (χ1n) is 7.15. The Balaban J connectivity index is 1.93. The number of rotatable bonds is 3. The lowest BCUT2D eigenvalue weighted by Gasteiger charge is -2.25.